The number of imidazole rings is 1. The Balaban J connectivity index is 2.06. The number of rotatable bonds is 3. The van der Waals surface area contributed by atoms with E-state index in [1.807, 2.05) is 0 Å². The van der Waals surface area contributed by atoms with E-state index in [1.165, 1.54) is 7.11 Å². The number of hydrogen-bond acceptors (Lipinski definition) is 6. The van der Waals surface area contributed by atoms with Crippen molar-refractivity contribution in [1.82, 2.24) is 9.97 Å². The van der Waals surface area contributed by atoms with Crippen LogP contribution in [0.25, 0.3) is 11.3 Å². The third-order valence-electron chi connectivity index (χ3n) is 4.71. The van der Waals surface area contributed by atoms with E-state index >= 15 is 0 Å². The van der Waals surface area contributed by atoms with Gasteiger partial charge in [-0.15, -0.1) is 0 Å². The highest BCUT2D eigenvalue weighted by Gasteiger charge is 2.28. The van der Waals surface area contributed by atoms with Crippen LogP contribution in [0, 0.1) is 0 Å². The zero-order valence-electron chi connectivity index (χ0n) is 16.7. The molecule has 1 aliphatic heterocycles. The number of ether oxygens (including phenoxy) is 2. The molecule has 0 spiro atoms. The molecule has 1 atom stereocenters. The average molecular weight is 479 g/mol. The molecule has 9 nitrogen and oxygen atoms in total. The third-order valence-corrected chi connectivity index (χ3v) is 5.28. The van der Waals surface area contributed by atoms with Crippen LogP contribution in [-0.2, 0) is 19.1 Å². The number of aromatic nitrogens is 2. The quantitative estimate of drug-likeness (QED) is 0.568. The first-order valence-electron chi connectivity index (χ1n) is 9.64. The van der Waals surface area contributed by atoms with Crippen LogP contribution in [0.4, 0.5) is 16.2 Å². The van der Waals surface area contributed by atoms with Gasteiger partial charge in [-0.05, 0) is 53.9 Å². The van der Waals surface area contributed by atoms with Crippen molar-refractivity contribution in [3.05, 3.63) is 28.6 Å². The maximum Gasteiger partial charge on any atom is 0.411 e. The number of esters is 1. The molecule has 0 aliphatic carbocycles. The number of benzene rings is 1. The summed E-state index contributed by atoms with van der Waals surface area (Å²) in [6.07, 6.45) is 1.51. The smallest absolute Gasteiger partial charge is 0.411 e. The molecule has 10 heteroatoms. The predicted molar refractivity (Wildman–Crippen MR) is 114 cm³/mol. The first-order chi connectivity index (χ1) is 14.4. The van der Waals surface area contributed by atoms with Crippen LogP contribution in [-0.4, -0.2) is 41.7 Å². The van der Waals surface area contributed by atoms with E-state index < -0.39 is 12.0 Å². The Morgan fingerprint density at radius 1 is 1.33 bits per heavy atom. The molecule has 1 unspecified atom stereocenters. The molecular formula is C20H23BrN4O5. The fourth-order valence-corrected chi connectivity index (χ4v) is 3.77. The van der Waals surface area contributed by atoms with Crippen molar-refractivity contribution in [2.75, 3.05) is 24.4 Å². The van der Waals surface area contributed by atoms with Crippen LogP contribution >= 0.6 is 15.9 Å². The van der Waals surface area contributed by atoms with Crippen molar-refractivity contribution in [2.24, 2.45) is 0 Å². The molecule has 2 heterocycles. The number of H-pyrrole nitrogens is 1. The minimum Gasteiger partial charge on any atom is -0.465 e. The second-order valence-corrected chi connectivity index (χ2v) is 7.55. The number of hydrogen-bond donors (Lipinski definition) is 3. The van der Waals surface area contributed by atoms with Gasteiger partial charge in [-0.2, -0.15) is 0 Å². The minimum absolute atomic E-state index is 0.161. The highest BCUT2D eigenvalue weighted by Crippen LogP contribution is 2.36. The maximum atomic E-state index is 12.5. The predicted octanol–water partition coefficient (Wildman–Crippen LogP) is 4.18. The summed E-state index contributed by atoms with van der Waals surface area (Å²) in [6.45, 7) is 2.04. The number of anilines is 2. The fraction of sp³-hybridized carbons (Fsp3) is 0.400. The van der Waals surface area contributed by atoms with E-state index in [-0.39, 0.29) is 18.5 Å². The van der Waals surface area contributed by atoms with Gasteiger partial charge < -0.3 is 19.8 Å². The lowest BCUT2D eigenvalue weighted by Gasteiger charge is -2.15. The van der Waals surface area contributed by atoms with E-state index in [0.717, 1.165) is 0 Å². The van der Waals surface area contributed by atoms with E-state index in [2.05, 4.69) is 41.3 Å². The average Bonchev–Trinajstić information content (AvgIpc) is 3.08. The molecule has 1 aliphatic rings. The molecule has 2 bridgehead atoms. The Bertz CT molecular complexity index is 959. The molecule has 1 aromatic heterocycles. The van der Waals surface area contributed by atoms with Gasteiger partial charge in [0.05, 0.1) is 19.4 Å². The summed E-state index contributed by atoms with van der Waals surface area (Å²) < 4.78 is 10.4. The molecule has 1 aromatic carbocycles. The lowest BCUT2D eigenvalue weighted by molar-refractivity contribution is -0.145. The van der Waals surface area contributed by atoms with E-state index in [9.17, 15) is 14.4 Å². The topological polar surface area (TPSA) is 122 Å². The molecule has 3 rings (SSSR count). The molecule has 160 valence electrons. The number of aromatic amines is 1. The number of fused-ring (bicyclic) bond motifs is 4. The van der Waals surface area contributed by atoms with Crippen molar-refractivity contribution in [1.29, 1.82) is 0 Å². The van der Waals surface area contributed by atoms with Gasteiger partial charge in [0.15, 0.2) is 0 Å². The summed E-state index contributed by atoms with van der Waals surface area (Å²) in [5.74, 6) is -0.539. The second-order valence-electron chi connectivity index (χ2n) is 6.76. The Hall–Kier alpha value is -2.88. The van der Waals surface area contributed by atoms with Crippen LogP contribution in [0.15, 0.2) is 22.8 Å². The Kier molecular flexibility index (Phi) is 7.09. The van der Waals surface area contributed by atoms with Crippen molar-refractivity contribution in [3.63, 3.8) is 0 Å². The van der Waals surface area contributed by atoms with Crippen molar-refractivity contribution >= 4 is 45.3 Å². The van der Waals surface area contributed by atoms with Gasteiger partial charge in [0.2, 0.25) is 5.91 Å². The van der Waals surface area contributed by atoms with Crippen LogP contribution in [0.2, 0.25) is 0 Å². The molecule has 0 radical (unpaired) electrons. The number of nitrogens with one attached hydrogen (secondary N) is 3. The van der Waals surface area contributed by atoms with Crippen molar-refractivity contribution in [3.8, 4) is 11.3 Å². The summed E-state index contributed by atoms with van der Waals surface area (Å²) in [7, 11) is 1.27. The number of carbonyl (C=O) groups is 3. The van der Waals surface area contributed by atoms with Crippen molar-refractivity contribution < 1.29 is 23.9 Å². The minimum atomic E-state index is -0.616. The highest BCUT2D eigenvalue weighted by molar-refractivity contribution is 9.10. The molecular weight excluding hydrogens is 456 g/mol. The number of halogens is 1. The number of carbonyl (C=O) groups excluding carboxylic acids is 3. The Morgan fingerprint density at radius 2 is 2.13 bits per heavy atom. The normalized spacial score (nSPS) is 16.4. The summed E-state index contributed by atoms with van der Waals surface area (Å²) >= 11 is 3.47. The number of amides is 2. The molecule has 2 aromatic rings. The zero-order chi connectivity index (χ0) is 21.7. The Morgan fingerprint density at radius 3 is 2.87 bits per heavy atom. The van der Waals surface area contributed by atoms with Crippen LogP contribution < -0.4 is 10.6 Å². The number of nitrogens with zero attached hydrogens (tertiary/aromatic N) is 1. The molecule has 0 saturated heterocycles. The Labute approximate surface area is 182 Å². The summed E-state index contributed by atoms with van der Waals surface area (Å²) in [4.78, 5) is 44.3. The van der Waals surface area contributed by atoms with Crippen molar-refractivity contribution in [2.45, 2.75) is 38.5 Å². The van der Waals surface area contributed by atoms with Gasteiger partial charge in [0, 0.05) is 17.7 Å². The van der Waals surface area contributed by atoms with E-state index in [4.69, 9.17) is 4.74 Å². The first kappa shape index (κ1) is 21.8. The lowest BCUT2D eigenvalue weighted by atomic mass is 10.00. The molecule has 30 heavy (non-hydrogen) atoms. The monoisotopic (exact) mass is 478 g/mol. The van der Waals surface area contributed by atoms with Gasteiger partial charge in [-0.1, -0.05) is 6.42 Å². The SMILES string of the molecule is CCOC(=O)C1CCCCC(=O)Nc2cc(NC(=O)OC)ccc2-c2nc1[nH]c2Br. The van der Waals surface area contributed by atoms with Crippen LogP contribution in [0.1, 0.15) is 44.3 Å². The fourth-order valence-electron chi connectivity index (χ4n) is 3.27. The first-order valence-corrected chi connectivity index (χ1v) is 10.4. The van der Waals surface area contributed by atoms with Gasteiger partial charge in [-0.25, -0.2) is 9.78 Å². The van der Waals surface area contributed by atoms with Gasteiger partial charge in [0.1, 0.15) is 22.0 Å². The molecule has 0 saturated carbocycles. The van der Waals surface area contributed by atoms with Gasteiger partial charge in [-0.3, -0.25) is 14.9 Å². The largest absolute Gasteiger partial charge is 0.465 e. The van der Waals surface area contributed by atoms with Crippen LogP contribution in [0.5, 0.6) is 0 Å². The molecule has 2 amide bonds. The standard InChI is InChI=1S/C20H23BrN4O5/c1-3-30-19(27)13-6-4-5-7-15(26)23-14-10-11(22-20(28)29-2)8-9-12(14)16-17(21)25-18(13)24-16/h8-10,13H,3-7H2,1-2H3,(H,22,28)(H,23,26)(H,24,25). The molecule has 3 N–H and O–H groups in total. The summed E-state index contributed by atoms with van der Waals surface area (Å²) in [5, 5.41) is 5.47. The summed E-state index contributed by atoms with van der Waals surface area (Å²) in [5.41, 5.74) is 2.13. The summed E-state index contributed by atoms with van der Waals surface area (Å²) in [6, 6.07) is 5.05. The third kappa shape index (κ3) is 4.99. The van der Waals surface area contributed by atoms with Gasteiger partial charge in [0.25, 0.3) is 0 Å². The zero-order valence-corrected chi connectivity index (χ0v) is 18.3. The van der Waals surface area contributed by atoms with E-state index in [1.54, 1.807) is 25.1 Å². The van der Waals surface area contributed by atoms with Crippen LogP contribution in [0.3, 0.4) is 0 Å². The second kappa shape index (κ2) is 9.75. The van der Waals surface area contributed by atoms with E-state index in [0.29, 0.717) is 58.7 Å². The number of methoxy groups -OCH3 is 1. The lowest BCUT2D eigenvalue weighted by Crippen LogP contribution is -2.18. The maximum absolute atomic E-state index is 12.5. The molecule has 0 fully saturated rings. The van der Waals surface area contributed by atoms with Gasteiger partial charge >= 0.3 is 12.1 Å². The highest BCUT2D eigenvalue weighted by atomic mass is 79.9.